The van der Waals surface area contributed by atoms with Crippen molar-refractivity contribution in [3.8, 4) is 0 Å². The zero-order valence-corrected chi connectivity index (χ0v) is 8.14. The second kappa shape index (κ2) is 4.49. The van der Waals surface area contributed by atoms with Gasteiger partial charge in [0, 0.05) is 0 Å². The number of alkyl halides is 3. The first-order chi connectivity index (χ1) is 6.91. The van der Waals surface area contributed by atoms with Gasteiger partial charge in [-0.1, -0.05) is 30.3 Å². The molecular weight excluding hydrogens is 229 g/mol. The van der Waals surface area contributed by atoms with Crippen molar-refractivity contribution in [2.45, 2.75) is 6.18 Å². The minimum atomic E-state index is -4.73. The summed E-state index contributed by atoms with van der Waals surface area (Å²) in [5.74, 6) is 0. The zero-order valence-electron chi connectivity index (χ0n) is 7.38. The van der Waals surface area contributed by atoms with Gasteiger partial charge >= 0.3 is 6.18 Å². The zero-order chi connectivity index (χ0) is 11.5. The lowest BCUT2D eigenvalue weighted by atomic mass is 10.1. The van der Waals surface area contributed by atoms with Gasteiger partial charge in [-0.05, 0) is 23.2 Å². The summed E-state index contributed by atoms with van der Waals surface area (Å²) in [5, 5.41) is -1.51. The number of hydrogen-bond donors (Lipinski definition) is 0. The molecule has 15 heavy (non-hydrogen) atoms. The van der Waals surface area contributed by atoms with E-state index >= 15 is 0 Å². The maximum absolute atomic E-state index is 12.3. The Morgan fingerprint density at radius 2 is 1.73 bits per heavy atom. The quantitative estimate of drug-likeness (QED) is 0.566. The standard InChI is InChI=1S/C10H6ClF3O/c11-9(15)8(10(12,13)14)6-7-4-2-1-3-5-7/h1-6H. The first-order valence-corrected chi connectivity index (χ1v) is 4.33. The minimum absolute atomic E-state index is 0.277. The van der Waals surface area contributed by atoms with E-state index in [1.54, 1.807) is 18.2 Å². The number of carbonyl (C=O) groups excluding carboxylic acids is 1. The predicted molar refractivity (Wildman–Crippen MR) is 51.3 cm³/mol. The molecule has 0 atom stereocenters. The SMILES string of the molecule is O=C(Cl)C(=Cc1ccccc1)C(F)(F)F. The molecule has 0 aliphatic carbocycles. The van der Waals surface area contributed by atoms with Gasteiger partial charge in [-0.15, -0.1) is 0 Å². The molecule has 0 unspecified atom stereocenters. The molecule has 1 nitrogen and oxygen atoms in total. The Labute approximate surface area is 89.2 Å². The van der Waals surface area contributed by atoms with Gasteiger partial charge in [-0.3, -0.25) is 4.79 Å². The largest absolute Gasteiger partial charge is 0.421 e. The number of carbonyl (C=O) groups is 1. The van der Waals surface area contributed by atoms with Crippen LogP contribution in [0.5, 0.6) is 0 Å². The van der Waals surface area contributed by atoms with E-state index in [-0.39, 0.29) is 5.56 Å². The van der Waals surface area contributed by atoms with Crippen LogP contribution in [0.15, 0.2) is 35.9 Å². The van der Waals surface area contributed by atoms with Crippen molar-refractivity contribution >= 4 is 22.9 Å². The van der Waals surface area contributed by atoms with Crippen molar-refractivity contribution in [1.29, 1.82) is 0 Å². The summed E-state index contributed by atoms with van der Waals surface area (Å²) in [6.45, 7) is 0. The highest BCUT2D eigenvalue weighted by Crippen LogP contribution is 2.29. The lowest BCUT2D eigenvalue weighted by molar-refractivity contribution is -0.122. The molecular formula is C10H6ClF3O. The molecule has 0 saturated heterocycles. The highest BCUT2D eigenvalue weighted by Gasteiger charge is 2.37. The average molecular weight is 235 g/mol. The highest BCUT2D eigenvalue weighted by molar-refractivity contribution is 6.68. The van der Waals surface area contributed by atoms with Crippen molar-refractivity contribution in [3.63, 3.8) is 0 Å². The van der Waals surface area contributed by atoms with E-state index in [4.69, 9.17) is 11.6 Å². The number of allylic oxidation sites excluding steroid dienone is 1. The topological polar surface area (TPSA) is 17.1 Å². The third kappa shape index (κ3) is 3.40. The van der Waals surface area contributed by atoms with Crippen molar-refractivity contribution in [1.82, 2.24) is 0 Å². The molecule has 0 heterocycles. The molecule has 1 aromatic rings. The van der Waals surface area contributed by atoms with Gasteiger partial charge in [0.15, 0.2) is 0 Å². The Morgan fingerprint density at radius 3 is 2.13 bits per heavy atom. The second-order valence-electron chi connectivity index (χ2n) is 2.74. The van der Waals surface area contributed by atoms with Gasteiger partial charge in [-0.25, -0.2) is 0 Å². The van der Waals surface area contributed by atoms with Gasteiger partial charge in [0.05, 0.1) is 0 Å². The molecule has 0 aliphatic rings. The Kier molecular flexibility index (Phi) is 3.52. The van der Waals surface area contributed by atoms with E-state index < -0.39 is 17.0 Å². The number of rotatable bonds is 2. The minimum Gasteiger partial charge on any atom is -0.276 e. The van der Waals surface area contributed by atoms with Crippen LogP contribution < -0.4 is 0 Å². The van der Waals surface area contributed by atoms with Crippen molar-refractivity contribution in [2.24, 2.45) is 0 Å². The third-order valence-corrected chi connectivity index (χ3v) is 1.83. The highest BCUT2D eigenvalue weighted by atomic mass is 35.5. The summed E-state index contributed by atoms with van der Waals surface area (Å²) < 4.78 is 36.8. The third-order valence-electron chi connectivity index (χ3n) is 1.63. The summed E-state index contributed by atoms with van der Waals surface area (Å²) in [6.07, 6.45) is -4.01. The van der Waals surface area contributed by atoms with Crippen molar-refractivity contribution < 1.29 is 18.0 Å². The molecule has 0 radical (unpaired) electrons. The van der Waals surface area contributed by atoms with Crippen molar-refractivity contribution in [2.75, 3.05) is 0 Å². The Hall–Kier alpha value is -1.29. The monoisotopic (exact) mass is 234 g/mol. The molecule has 1 aromatic carbocycles. The molecule has 80 valence electrons. The average Bonchev–Trinajstić information content (AvgIpc) is 2.13. The molecule has 0 fully saturated rings. The van der Waals surface area contributed by atoms with Gasteiger partial charge in [0.25, 0.3) is 5.24 Å². The summed E-state index contributed by atoms with van der Waals surface area (Å²) in [5.41, 5.74) is -1.09. The van der Waals surface area contributed by atoms with Crippen LogP contribution in [0, 0.1) is 0 Å². The summed E-state index contributed by atoms with van der Waals surface area (Å²) in [7, 11) is 0. The Morgan fingerprint density at radius 1 is 1.20 bits per heavy atom. The van der Waals surface area contributed by atoms with Crippen LogP contribution in [0.4, 0.5) is 13.2 Å². The normalized spacial score (nSPS) is 12.7. The van der Waals surface area contributed by atoms with E-state index in [9.17, 15) is 18.0 Å². The molecule has 0 spiro atoms. The molecule has 0 amide bonds. The van der Waals surface area contributed by atoms with Crippen molar-refractivity contribution in [3.05, 3.63) is 41.5 Å². The molecule has 5 heteroatoms. The first-order valence-electron chi connectivity index (χ1n) is 3.95. The van der Waals surface area contributed by atoms with Crippen LogP contribution >= 0.6 is 11.6 Å². The number of hydrogen-bond acceptors (Lipinski definition) is 1. The van der Waals surface area contributed by atoms with Gasteiger partial charge in [0.1, 0.15) is 5.57 Å². The lowest BCUT2D eigenvalue weighted by Gasteiger charge is -2.06. The summed E-state index contributed by atoms with van der Waals surface area (Å²) in [6, 6.07) is 7.70. The van der Waals surface area contributed by atoms with Gasteiger partial charge in [0.2, 0.25) is 0 Å². The molecule has 0 aliphatic heterocycles. The van der Waals surface area contributed by atoms with Crippen LogP contribution in [0.25, 0.3) is 6.08 Å². The molecule has 1 rings (SSSR count). The van der Waals surface area contributed by atoms with Crippen LogP contribution in [0.2, 0.25) is 0 Å². The molecule has 0 aromatic heterocycles. The van der Waals surface area contributed by atoms with Crippen LogP contribution in [0.1, 0.15) is 5.56 Å². The van der Waals surface area contributed by atoms with Gasteiger partial charge < -0.3 is 0 Å². The van der Waals surface area contributed by atoms with E-state index in [0.717, 1.165) is 6.08 Å². The fourth-order valence-corrected chi connectivity index (χ4v) is 1.13. The second-order valence-corrected chi connectivity index (χ2v) is 3.08. The Bertz CT molecular complexity index is 381. The van der Waals surface area contributed by atoms with E-state index in [1.807, 2.05) is 0 Å². The number of benzene rings is 1. The van der Waals surface area contributed by atoms with E-state index in [0.29, 0.717) is 0 Å². The molecule has 0 N–H and O–H groups in total. The summed E-state index contributed by atoms with van der Waals surface area (Å²) >= 11 is 4.85. The van der Waals surface area contributed by atoms with Crippen LogP contribution in [-0.4, -0.2) is 11.4 Å². The first kappa shape index (κ1) is 11.8. The molecule has 0 saturated carbocycles. The maximum Gasteiger partial charge on any atom is 0.421 e. The van der Waals surface area contributed by atoms with Crippen LogP contribution in [0.3, 0.4) is 0 Å². The lowest BCUT2D eigenvalue weighted by Crippen LogP contribution is -2.16. The van der Waals surface area contributed by atoms with E-state index in [2.05, 4.69) is 0 Å². The van der Waals surface area contributed by atoms with Crippen LogP contribution in [-0.2, 0) is 4.79 Å². The fourth-order valence-electron chi connectivity index (χ4n) is 0.966. The van der Waals surface area contributed by atoms with Gasteiger partial charge in [-0.2, -0.15) is 13.2 Å². The number of halogens is 4. The smallest absolute Gasteiger partial charge is 0.276 e. The van der Waals surface area contributed by atoms with E-state index in [1.165, 1.54) is 12.1 Å². The fraction of sp³-hybridized carbons (Fsp3) is 0.100. The Balaban J connectivity index is 3.12. The summed E-state index contributed by atoms with van der Waals surface area (Å²) in [4.78, 5) is 10.6. The predicted octanol–water partition coefficient (Wildman–Crippen LogP) is 3.40. The maximum atomic E-state index is 12.3. The molecule has 0 bridgehead atoms.